The number of ketones is 1. The van der Waals surface area contributed by atoms with Crippen LogP contribution >= 0.6 is 29.6 Å². The third kappa shape index (κ3) is 7.02. The van der Waals surface area contributed by atoms with E-state index in [4.69, 9.17) is 26.3 Å². The second-order valence-electron chi connectivity index (χ2n) is 10.3. The predicted molar refractivity (Wildman–Crippen MR) is 182 cm³/mol. The van der Waals surface area contributed by atoms with E-state index in [0.717, 1.165) is 32.5 Å². The summed E-state index contributed by atoms with van der Waals surface area (Å²) >= 11 is 4.49. The molecule has 42 heavy (non-hydrogen) atoms. The fourth-order valence-electron chi connectivity index (χ4n) is 4.53. The van der Waals surface area contributed by atoms with Crippen molar-refractivity contribution in [1.29, 1.82) is 0 Å². The van der Waals surface area contributed by atoms with Gasteiger partial charge in [0.15, 0.2) is 0 Å². The average molecular weight is 694 g/mol. The maximum atomic E-state index is 13.5. The molecule has 6 nitrogen and oxygen atoms in total. The number of esters is 1. The first kappa shape index (κ1) is 29.8. The Labute approximate surface area is 254 Å². The quantitative estimate of drug-likeness (QED) is 0.0641. The molecule has 0 saturated heterocycles. The summed E-state index contributed by atoms with van der Waals surface area (Å²) in [5.74, 6) is -0.0916. The van der Waals surface area contributed by atoms with Gasteiger partial charge in [0, 0.05) is 11.1 Å². The van der Waals surface area contributed by atoms with Crippen LogP contribution < -0.4 is 0 Å². The molecule has 2 heterocycles. The molecule has 5 rings (SSSR count). The standard InChI is InChI=1S/C34H33ClIN3O3/c1-4-36(2,3)19-20-42-33(41)18-17-32(40)28-23-39(31-16-15-26(35)21-27(28)31)34-37-29(24-11-7-5-8-12-24)22-30(38-34)25-13-9-6-10-14-25/h4-16,21-23H,17-20H2,1-3H3. The zero-order chi connectivity index (χ0) is 29.7. The van der Waals surface area contributed by atoms with E-state index in [2.05, 4.69) is 20.8 Å². The number of carbonyl (C=O) groups excluding carboxylic acids is 2. The summed E-state index contributed by atoms with van der Waals surface area (Å²) in [5.41, 5.74) is 4.65. The summed E-state index contributed by atoms with van der Waals surface area (Å²) in [7, 11) is 0. The predicted octanol–water partition coefficient (Wildman–Crippen LogP) is 8.04. The van der Waals surface area contributed by atoms with Gasteiger partial charge in [-0.05, 0) is 6.07 Å². The van der Waals surface area contributed by atoms with E-state index in [1.165, 1.54) is 0 Å². The van der Waals surface area contributed by atoms with E-state index in [1.54, 1.807) is 18.3 Å². The van der Waals surface area contributed by atoms with Crippen LogP contribution in [0.4, 0.5) is 0 Å². The Balaban J connectivity index is 1.49. The average Bonchev–Trinajstić information content (AvgIpc) is 3.39. The van der Waals surface area contributed by atoms with E-state index < -0.39 is 18.0 Å². The maximum absolute atomic E-state index is 13.5. The molecular weight excluding hydrogens is 661 g/mol. The molecule has 0 bridgehead atoms. The van der Waals surface area contributed by atoms with Crippen molar-refractivity contribution in [3.63, 3.8) is 0 Å². The van der Waals surface area contributed by atoms with Crippen LogP contribution in [0, 0.1) is 0 Å². The number of nitrogens with zero attached hydrogens (tertiary/aromatic N) is 3. The number of aromatic nitrogens is 3. The molecule has 0 fully saturated rings. The van der Waals surface area contributed by atoms with Crippen molar-refractivity contribution < 1.29 is 14.3 Å². The minimum absolute atomic E-state index is 0.0205. The second-order valence-corrected chi connectivity index (χ2v) is 21.6. The second kappa shape index (κ2) is 13.1. The van der Waals surface area contributed by atoms with Crippen LogP contribution in [0.3, 0.4) is 0 Å². The Morgan fingerprint density at radius 1 is 0.881 bits per heavy atom. The molecule has 0 aliphatic rings. The Morgan fingerprint density at radius 3 is 2.10 bits per heavy atom. The molecule has 0 saturated carbocycles. The van der Waals surface area contributed by atoms with Crippen LogP contribution in [0.25, 0.3) is 39.4 Å². The van der Waals surface area contributed by atoms with Crippen molar-refractivity contribution >= 4 is 56.2 Å². The third-order valence-electron chi connectivity index (χ3n) is 7.11. The molecular formula is C34H33ClIN3O3. The van der Waals surface area contributed by atoms with Gasteiger partial charge in [0.2, 0.25) is 0 Å². The molecule has 0 aliphatic heterocycles. The molecule has 0 amide bonds. The van der Waals surface area contributed by atoms with E-state index in [0.29, 0.717) is 28.5 Å². The van der Waals surface area contributed by atoms with E-state index in [9.17, 15) is 9.59 Å². The summed E-state index contributed by atoms with van der Waals surface area (Å²) in [6.45, 7) is 2.47. The molecule has 0 N–H and O–H groups in total. The van der Waals surface area contributed by atoms with Crippen molar-refractivity contribution in [2.75, 3.05) is 20.9 Å². The third-order valence-corrected chi connectivity index (χ3v) is 13.9. The Kier molecular flexibility index (Phi) is 9.28. The molecule has 0 atom stereocenters. The normalized spacial score (nSPS) is 11.8. The van der Waals surface area contributed by atoms with Crippen molar-refractivity contribution in [1.82, 2.24) is 14.5 Å². The first-order valence-corrected chi connectivity index (χ1v) is 21.1. The molecule has 0 radical (unpaired) electrons. The summed E-state index contributed by atoms with van der Waals surface area (Å²) in [6.07, 6.45) is 1.81. The summed E-state index contributed by atoms with van der Waals surface area (Å²) in [6, 6.07) is 27.2. The van der Waals surface area contributed by atoms with Gasteiger partial charge in [-0.25, -0.2) is 0 Å². The van der Waals surface area contributed by atoms with E-state index in [-0.39, 0.29) is 24.6 Å². The first-order valence-electron chi connectivity index (χ1n) is 13.6. The number of benzene rings is 3. The van der Waals surface area contributed by atoms with Crippen LogP contribution in [0.5, 0.6) is 0 Å². The molecule has 8 heteroatoms. The van der Waals surface area contributed by atoms with Crippen LogP contribution in [-0.4, -0.2) is 51.2 Å². The fourth-order valence-corrected chi connectivity index (χ4v) is 6.68. The monoisotopic (exact) mass is 693 g/mol. The van der Waals surface area contributed by atoms with Crippen LogP contribution in [-0.2, 0) is 9.53 Å². The zero-order valence-electron chi connectivity index (χ0n) is 23.9. The topological polar surface area (TPSA) is 74.1 Å². The SMILES string of the molecule is CC=I(C)(C)CCOC(=O)CCC(=O)c1cn(-c2nc(-c3ccccc3)cc(-c3ccccc3)n2)c2ccc(Cl)cc12. The molecule has 0 spiro atoms. The van der Waals surface area contributed by atoms with Gasteiger partial charge < -0.3 is 0 Å². The van der Waals surface area contributed by atoms with Crippen molar-refractivity contribution in [2.24, 2.45) is 0 Å². The summed E-state index contributed by atoms with van der Waals surface area (Å²) in [5, 5.41) is 1.20. The molecule has 2 aromatic heterocycles. The summed E-state index contributed by atoms with van der Waals surface area (Å²) in [4.78, 5) is 40.3. The summed E-state index contributed by atoms with van der Waals surface area (Å²) < 4.78 is 10.4. The van der Waals surface area contributed by atoms with Crippen molar-refractivity contribution in [3.8, 4) is 28.5 Å². The van der Waals surface area contributed by atoms with Gasteiger partial charge in [-0.3, -0.25) is 0 Å². The number of hydrogen-bond donors (Lipinski definition) is 0. The van der Waals surface area contributed by atoms with Gasteiger partial charge in [-0.2, -0.15) is 0 Å². The van der Waals surface area contributed by atoms with Crippen LogP contribution in [0.1, 0.15) is 30.1 Å². The van der Waals surface area contributed by atoms with Gasteiger partial charge in [0.1, 0.15) is 0 Å². The zero-order valence-corrected chi connectivity index (χ0v) is 26.8. The Morgan fingerprint density at radius 2 is 1.50 bits per heavy atom. The Bertz CT molecular complexity index is 1740. The van der Waals surface area contributed by atoms with Crippen LogP contribution in [0.15, 0.2) is 91.1 Å². The number of Topliss-reactive ketones (excluding diaryl/α,β-unsaturated/α-hetero) is 1. The van der Waals surface area contributed by atoms with Gasteiger partial charge in [0.05, 0.1) is 11.4 Å². The first-order chi connectivity index (χ1) is 20.2. The Hall–Kier alpha value is -3.69. The fraction of sp³-hybridized carbons (Fsp3) is 0.206. The number of hydrogen-bond acceptors (Lipinski definition) is 5. The van der Waals surface area contributed by atoms with Crippen molar-refractivity contribution in [2.45, 2.75) is 19.8 Å². The number of ether oxygens (including phenoxy) is 1. The number of carbonyl (C=O) groups is 2. The minimum atomic E-state index is -1.88. The molecule has 3 aromatic carbocycles. The number of halogens is 2. The van der Waals surface area contributed by atoms with Crippen molar-refractivity contribution in [3.05, 3.63) is 102 Å². The molecule has 5 aromatic rings. The van der Waals surface area contributed by atoms with E-state index in [1.807, 2.05) is 77.4 Å². The number of rotatable bonds is 10. The van der Waals surface area contributed by atoms with Gasteiger partial charge >= 0.3 is 167 Å². The molecule has 0 unspecified atom stereocenters. The van der Waals surface area contributed by atoms with Crippen LogP contribution in [0.2, 0.25) is 5.02 Å². The number of alkyl halides is 3. The number of fused-ring (bicyclic) bond motifs is 1. The van der Waals surface area contributed by atoms with Gasteiger partial charge in [0.25, 0.3) is 0 Å². The van der Waals surface area contributed by atoms with Gasteiger partial charge in [-0.1, -0.05) is 60.7 Å². The molecule has 216 valence electrons. The molecule has 0 aliphatic carbocycles. The van der Waals surface area contributed by atoms with Gasteiger partial charge in [-0.15, -0.1) is 0 Å². The van der Waals surface area contributed by atoms with E-state index >= 15 is 0 Å².